The molecular weight excluding hydrogens is 240 g/mol. The van der Waals surface area contributed by atoms with Crippen LogP contribution in [0.2, 0.25) is 0 Å². The predicted octanol–water partition coefficient (Wildman–Crippen LogP) is 2.74. The summed E-state index contributed by atoms with van der Waals surface area (Å²) in [4.78, 5) is 0. The Morgan fingerprint density at radius 2 is 1.10 bits per heavy atom. The molecular formula is C4H10S6. The molecule has 0 nitrogen and oxygen atoms in total. The van der Waals surface area contributed by atoms with Crippen LogP contribution in [-0.2, 0) is 0 Å². The van der Waals surface area contributed by atoms with Crippen LogP contribution < -0.4 is 0 Å². The summed E-state index contributed by atoms with van der Waals surface area (Å²) in [5, 5.41) is 0. The fourth-order valence-electron chi connectivity index (χ4n) is 0.218. The van der Waals surface area contributed by atoms with Crippen LogP contribution in [0.25, 0.3) is 0 Å². The van der Waals surface area contributed by atoms with Crippen LogP contribution in [0.15, 0.2) is 0 Å². The summed E-state index contributed by atoms with van der Waals surface area (Å²) in [7, 11) is 3.51. The lowest BCUT2D eigenvalue weighted by Crippen LogP contribution is -1.92. The van der Waals surface area contributed by atoms with E-state index in [2.05, 4.69) is 50.5 Å². The van der Waals surface area contributed by atoms with Crippen molar-refractivity contribution in [2.75, 3.05) is 11.5 Å². The highest BCUT2D eigenvalue weighted by molar-refractivity contribution is 8.76. The number of hydrogen-bond acceptors (Lipinski definition) is 6. The lowest BCUT2D eigenvalue weighted by Gasteiger charge is -2.03. The van der Waals surface area contributed by atoms with Gasteiger partial charge >= 0.3 is 0 Å². The fourth-order valence-corrected chi connectivity index (χ4v) is 4.15. The molecule has 0 heterocycles. The molecule has 0 atom stereocenters. The first-order valence-corrected chi connectivity index (χ1v) is 7.15. The molecule has 0 aliphatic heterocycles. The van der Waals surface area contributed by atoms with Crippen LogP contribution in [0.3, 0.4) is 0 Å². The zero-order valence-corrected chi connectivity index (χ0v) is 10.4. The summed E-state index contributed by atoms with van der Waals surface area (Å²) >= 11 is 16.5. The van der Waals surface area contributed by atoms with Crippen molar-refractivity contribution in [1.29, 1.82) is 0 Å². The normalized spacial score (nSPS) is 11.4. The van der Waals surface area contributed by atoms with E-state index < -0.39 is 0 Å². The third kappa shape index (κ3) is 10.1. The minimum Gasteiger partial charge on any atom is -0.164 e. The van der Waals surface area contributed by atoms with E-state index in [9.17, 15) is 0 Å². The average Bonchev–Trinajstić information content (AvgIpc) is 1.79. The SMILES string of the molecule is SC(S)CSSCC(S)S. The molecule has 0 spiro atoms. The lowest BCUT2D eigenvalue weighted by molar-refractivity contribution is 1.48. The Morgan fingerprint density at radius 1 is 0.800 bits per heavy atom. The maximum absolute atomic E-state index is 4.11. The largest absolute Gasteiger partial charge is 0.164 e. The van der Waals surface area contributed by atoms with Crippen molar-refractivity contribution in [2.45, 2.75) is 9.16 Å². The van der Waals surface area contributed by atoms with Gasteiger partial charge < -0.3 is 0 Å². The molecule has 0 bridgehead atoms. The summed E-state index contributed by atoms with van der Waals surface area (Å²) in [6.45, 7) is 0. The molecule has 6 heteroatoms. The van der Waals surface area contributed by atoms with E-state index in [0.717, 1.165) is 11.5 Å². The number of rotatable bonds is 5. The van der Waals surface area contributed by atoms with Crippen LogP contribution in [0.1, 0.15) is 0 Å². The van der Waals surface area contributed by atoms with Gasteiger partial charge in [-0.1, -0.05) is 21.6 Å². The van der Waals surface area contributed by atoms with E-state index in [-0.39, 0.29) is 9.16 Å². The maximum atomic E-state index is 4.11. The zero-order valence-electron chi connectivity index (χ0n) is 5.17. The molecule has 62 valence electrons. The van der Waals surface area contributed by atoms with Crippen molar-refractivity contribution in [3.05, 3.63) is 0 Å². The van der Waals surface area contributed by atoms with Crippen molar-refractivity contribution >= 4 is 72.1 Å². The molecule has 0 aromatic carbocycles. The second kappa shape index (κ2) is 7.73. The third-order valence-electron chi connectivity index (χ3n) is 0.518. The Morgan fingerprint density at radius 3 is 1.30 bits per heavy atom. The van der Waals surface area contributed by atoms with Gasteiger partial charge in [-0.25, -0.2) is 0 Å². The van der Waals surface area contributed by atoms with E-state index in [0.29, 0.717) is 0 Å². The molecule has 0 radical (unpaired) electrons. The van der Waals surface area contributed by atoms with Crippen LogP contribution in [0, 0.1) is 0 Å². The second-order valence-electron chi connectivity index (χ2n) is 1.53. The van der Waals surface area contributed by atoms with Crippen molar-refractivity contribution < 1.29 is 0 Å². The van der Waals surface area contributed by atoms with Gasteiger partial charge in [-0.15, -0.1) is 0 Å². The topological polar surface area (TPSA) is 0 Å². The first-order chi connectivity index (χ1) is 4.63. The summed E-state index contributed by atoms with van der Waals surface area (Å²) in [6, 6.07) is 0. The smallest absolute Gasteiger partial charge is 0.0540 e. The molecule has 0 aromatic rings. The van der Waals surface area contributed by atoms with Gasteiger partial charge in [0, 0.05) is 11.5 Å². The van der Waals surface area contributed by atoms with Gasteiger partial charge in [-0.2, -0.15) is 50.5 Å². The Bertz CT molecular complexity index is 62.1. The van der Waals surface area contributed by atoms with E-state index in [1.165, 1.54) is 0 Å². The molecule has 0 aliphatic rings. The molecule has 0 N–H and O–H groups in total. The van der Waals surface area contributed by atoms with Crippen LogP contribution in [0.5, 0.6) is 0 Å². The van der Waals surface area contributed by atoms with Gasteiger partial charge in [0.25, 0.3) is 0 Å². The highest BCUT2D eigenvalue weighted by Gasteiger charge is 1.98. The van der Waals surface area contributed by atoms with Crippen molar-refractivity contribution in [2.24, 2.45) is 0 Å². The summed E-state index contributed by atoms with van der Waals surface area (Å²) < 4.78 is 0.353. The Labute approximate surface area is 92.1 Å². The molecule has 0 aliphatic carbocycles. The van der Waals surface area contributed by atoms with E-state index in [4.69, 9.17) is 0 Å². The Kier molecular flexibility index (Phi) is 9.36. The molecule has 0 rings (SSSR count). The lowest BCUT2D eigenvalue weighted by atomic mass is 10.9. The van der Waals surface area contributed by atoms with Gasteiger partial charge in [0.2, 0.25) is 0 Å². The third-order valence-corrected chi connectivity index (χ3v) is 4.66. The maximum Gasteiger partial charge on any atom is 0.0540 e. The van der Waals surface area contributed by atoms with Gasteiger partial charge in [-0.05, 0) is 0 Å². The van der Waals surface area contributed by atoms with Crippen LogP contribution in [0.4, 0.5) is 0 Å². The first-order valence-electron chi connectivity index (χ1n) is 2.59. The molecule has 0 aromatic heterocycles. The minimum atomic E-state index is 0.177. The van der Waals surface area contributed by atoms with Gasteiger partial charge in [-0.3, -0.25) is 0 Å². The first kappa shape index (κ1) is 12.1. The molecule has 0 amide bonds. The monoisotopic (exact) mass is 250 g/mol. The highest BCUT2D eigenvalue weighted by Crippen LogP contribution is 2.26. The van der Waals surface area contributed by atoms with Gasteiger partial charge in [0.05, 0.1) is 9.16 Å². The van der Waals surface area contributed by atoms with Crippen LogP contribution in [-0.4, -0.2) is 20.7 Å². The standard InChI is InChI=1S/C4H10S6/c5-3(6)1-9-10-2-4(7)8/h3-8H,1-2H2. The van der Waals surface area contributed by atoms with E-state index >= 15 is 0 Å². The summed E-state index contributed by atoms with van der Waals surface area (Å²) in [6.07, 6.45) is 0. The van der Waals surface area contributed by atoms with Crippen molar-refractivity contribution in [3.8, 4) is 0 Å². The quantitative estimate of drug-likeness (QED) is 0.256. The summed E-state index contributed by atoms with van der Waals surface area (Å²) in [5.41, 5.74) is 0. The predicted molar refractivity (Wildman–Crippen MR) is 68.4 cm³/mol. The Hall–Kier alpha value is 2.10. The zero-order chi connectivity index (χ0) is 7.98. The van der Waals surface area contributed by atoms with Crippen molar-refractivity contribution in [3.63, 3.8) is 0 Å². The number of thiol groups is 4. The second-order valence-corrected chi connectivity index (χ2v) is 7.39. The molecule has 0 unspecified atom stereocenters. The molecule has 0 fully saturated rings. The van der Waals surface area contributed by atoms with E-state index in [1.54, 1.807) is 21.6 Å². The highest BCUT2D eigenvalue weighted by atomic mass is 33.1. The van der Waals surface area contributed by atoms with Gasteiger partial charge in [0.1, 0.15) is 0 Å². The summed E-state index contributed by atoms with van der Waals surface area (Å²) in [5.74, 6) is 1.90. The fraction of sp³-hybridized carbons (Fsp3) is 1.00. The van der Waals surface area contributed by atoms with Gasteiger partial charge in [0.15, 0.2) is 0 Å². The average molecular weight is 251 g/mol. The Balaban J connectivity index is 2.91. The van der Waals surface area contributed by atoms with Crippen molar-refractivity contribution in [1.82, 2.24) is 0 Å². The van der Waals surface area contributed by atoms with Crippen LogP contribution >= 0.6 is 72.1 Å². The van der Waals surface area contributed by atoms with E-state index in [1.807, 2.05) is 0 Å². The number of hydrogen-bond donors (Lipinski definition) is 4. The molecule has 0 saturated heterocycles. The minimum absolute atomic E-state index is 0.177. The molecule has 0 saturated carbocycles. The molecule has 10 heavy (non-hydrogen) atoms.